The first-order valence-corrected chi connectivity index (χ1v) is 9.11. The van der Waals surface area contributed by atoms with Crippen molar-refractivity contribution < 1.29 is 4.79 Å². The molecule has 1 amide bonds. The number of nitrogens with one attached hydrogen (secondary N) is 1. The van der Waals surface area contributed by atoms with Crippen molar-refractivity contribution in [2.24, 2.45) is 0 Å². The lowest BCUT2D eigenvalue weighted by Gasteiger charge is -2.32. The fourth-order valence-electron chi connectivity index (χ4n) is 2.97. The van der Waals surface area contributed by atoms with E-state index in [0.717, 1.165) is 29.3 Å². The van der Waals surface area contributed by atoms with Crippen molar-refractivity contribution in [1.29, 1.82) is 5.26 Å². The predicted octanol–water partition coefficient (Wildman–Crippen LogP) is 3.01. The Bertz CT molecular complexity index is 788. The van der Waals surface area contributed by atoms with E-state index in [1.807, 2.05) is 24.3 Å². The number of nitrogens with zero attached hydrogens (tertiary/aromatic N) is 5. The first-order chi connectivity index (χ1) is 12.0. The molecule has 1 aliphatic carbocycles. The minimum Gasteiger partial charge on any atom is -0.336 e. The third-order valence-corrected chi connectivity index (χ3v) is 5.07. The van der Waals surface area contributed by atoms with Gasteiger partial charge in [0.2, 0.25) is 11.7 Å². The molecule has 3 rings (SSSR count). The zero-order valence-electron chi connectivity index (χ0n) is 13.9. The van der Waals surface area contributed by atoms with Crippen LogP contribution in [0.1, 0.15) is 45.1 Å². The van der Waals surface area contributed by atoms with E-state index in [4.69, 9.17) is 0 Å². The lowest BCUT2D eigenvalue weighted by Crippen LogP contribution is -2.50. The maximum atomic E-state index is 12.6. The van der Waals surface area contributed by atoms with Crippen LogP contribution in [0.25, 0.3) is 11.4 Å². The highest BCUT2D eigenvalue weighted by atomic mass is 79.9. The number of carbonyl (C=O) groups excluding carboxylic acids is 1. The lowest BCUT2D eigenvalue weighted by atomic mass is 9.82. The summed E-state index contributed by atoms with van der Waals surface area (Å²) in [4.78, 5) is 13.9. The van der Waals surface area contributed by atoms with Gasteiger partial charge in [0.15, 0.2) is 0 Å². The van der Waals surface area contributed by atoms with Crippen LogP contribution < -0.4 is 5.32 Å². The number of carbonyl (C=O) groups is 1. The van der Waals surface area contributed by atoms with Gasteiger partial charge in [-0.3, -0.25) is 4.79 Å². The minimum absolute atomic E-state index is 0.261. The van der Waals surface area contributed by atoms with Crippen LogP contribution in [0, 0.1) is 11.3 Å². The van der Waals surface area contributed by atoms with Crippen LogP contribution in [0.3, 0.4) is 0 Å². The average Bonchev–Trinajstić information content (AvgIpc) is 3.12. The van der Waals surface area contributed by atoms with Gasteiger partial charge in [-0.05, 0) is 49.2 Å². The highest BCUT2D eigenvalue weighted by Crippen LogP contribution is 2.28. The summed E-state index contributed by atoms with van der Waals surface area (Å²) in [6, 6.07) is 9.20. The normalized spacial score (nSPS) is 17.5. The first-order valence-electron chi connectivity index (χ1n) is 8.32. The van der Waals surface area contributed by atoms with Crippen LogP contribution in [0.2, 0.25) is 0 Å². The maximum Gasteiger partial charge on any atom is 0.247 e. The fraction of sp³-hybridized carbons (Fsp3) is 0.471. The van der Waals surface area contributed by atoms with E-state index in [1.165, 1.54) is 4.80 Å². The number of rotatable bonds is 4. The molecule has 1 unspecified atom stereocenters. The Kier molecular flexibility index (Phi) is 5.13. The molecule has 1 heterocycles. The SMILES string of the molecule is CC(C(=O)NC1(C#N)CCCCC1)n1nnc(-c2ccc(Br)cc2)n1. The fourth-order valence-corrected chi connectivity index (χ4v) is 3.23. The van der Waals surface area contributed by atoms with Crippen LogP contribution >= 0.6 is 15.9 Å². The molecule has 1 saturated carbocycles. The Balaban J connectivity index is 1.72. The van der Waals surface area contributed by atoms with Gasteiger partial charge >= 0.3 is 0 Å². The van der Waals surface area contributed by atoms with Crippen molar-refractivity contribution in [3.63, 3.8) is 0 Å². The van der Waals surface area contributed by atoms with Crippen LogP contribution in [-0.4, -0.2) is 31.7 Å². The van der Waals surface area contributed by atoms with Gasteiger partial charge in [-0.25, -0.2) is 0 Å². The zero-order valence-corrected chi connectivity index (χ0v) is 15.5. The molecule has 0 aliphatic heterocycles. The second-order valence-electron chi connectivity index (χ2n) is 6.36. The topological polar surface area (TPSA) is 96.5 Å². The number of benzene rings is 1. The summed E-state index contributed by atoms with van der Waals surface area (Å²) in [5.41, 5.74) is 0.0569. The van der Waals surface area contributed by atoms with Gasteiger partial charge in [-0.2, -0.15) is 10.1 Å². The van der Waals surface area contributed by atoms with Crippen LogP contribution in [-0.2, 0) is 4.79 Å². The largest absolute Gasteiger partial charge is 0.336 e. The number of hydrogen-bond donors (Lipinski definition) is 1. The van der Waals surface area contributed by atoms with Crippen molar-refractivity contribution in [2.45, 2.75) is 50.6 Å². The molecule has 1 N–H and O–H groups in total. The molecule has 0 bridgehead atoms. The quantitative estimate of drug-likeness (QED) is 0.847. The second-order valence-corrected chi connectivity index (χ2v) is 7.28. The summed E-state index contributed by atoms with van der Waals surface area (Å²) in [5.74, 6) is 0.197. The second kappa shape index (κ2) is 7.31. The number of halogens is 1. The molecular weight excluding hydrogens is 384 g/mol. The maximum absolute atomic E-state index is 12.6. The third kappa shape index (κ3) is 3.87. The third-order valence-electron chi connectivity index (χ3n) is 4.54. The zero-order chi connectivity index (χ0) is 17.9. The average molecular weight is 403 g/mol. The molecule has 1 aliphatic rings. The summed E-state index contributed by atoms with van der Waals surface area (Å²) in [6.07, 6.45) is 4.40. The van der Waals surface area contributed by atoms with E-state index >= 15 is 0 Å². The van der Waals surface area contributed by atoms with Crippen molar-refractivity contribution in [1.82, 2.24) is 25.5 Å². The molecule has 0 saturated heterocycles. The smallest absolute Gasteiger partial charge is 0.247 e. The standard InChI is InChI=1S/C17H19BrN6O/c1-12(16(25)20-17(11-19)9-3-2-4-10-17)24-22-15(21-23-24)13-5-7-14(18)8-6-13/h5-8,12H,2-4,9-10H2,1H3,(H,20,25). The van der Waals surface area contributed by atoms with Crippen LogP contribution in [0.4, 0.5) is 0 Å². The molecule has 130 valence electrons. The van der Waals surface area contributed by atoms with Gasteiger partial charge in [0.05, 0.1) is 6.07 Å². The number of hydrogen-bond acceptors (Lipinski definition) is 5. The Labute approximate surface area is 154 Å². The van der Waals surface area contributed by atoms with Crippen molar-refractivity contribution in [2.75, 3.05) is 0 Å². The molecule has 0 spiro atoms. The molecule has 2 aromatic rings. The van der Waals surface area contributed by atoms with E-state index in [-0.39, 0.29) is 5.91 Å². The van der Waals surface area contributed by atoms with Gasteiger partial charge in [-0.1, -0.05) is 35.2 Å². The van der Waals surface area contributed by atoms with Gasteiger partial charge < -0.3 is 5.32 Å². The molecule has 1 fully saturated rings. The molecule has 1 atom stereocenters. The van der Waals surface area contributed by atoms with Crippen molar-refractivity contribution in [3.05, 3.63) is 28.7 Å². The van der Waals surface area contributed by atoms with Crippen LogP contribution in [0.15, 0.2) is 28.7 Å². The minimum atomic E-state index is -0.765. The molecular formula is C17H19BrN6O. The summed E-state index contributed by atoms with van der Waals surface area (Å²) in [5, 5.41) is 24.7. The Morgan fingerprint density at radius 3 is 2.64 bits per heavy atom. The summed E-state index contributed by atoms with van der Waals surface area (Å²) in [7, 11) is 0. The van der Waals surface area contributed by atoms with E-state index in [9.17, 15) is 10.1 Å². The van der Waals surface area contributed by atoms with E-state index in [0.29, 0.717) is 18.7 Å². The van der Waals surface area contributed by atoms with E-state index in [2.05, 4.69) is 42.7 Å². The molecule has 1 aromatic carbocycles. The number of nitriles is 1. The molecule has 25 heavy (non-hydrogen) atoms. The van der Waals surface area contributed by atoms with Gasteiger partial charge in [-0.15, -0.1) is 10.2 Å². The Morgan fingerprint density at radius 1 is 1.32 bits per heavy atom. The molecule has 1 aromatic heterocycles. The summed E-state index contributed by atoms with van der Waals surface area (Å²) < 4.78 is 0.964. The predicted molar refractivity (Wildman–Crippen MR) is 95.2 cm³/mol. The molecule has 8 heteroatoms. The van der Waals surface area contributed by atoms with Crippen molar-refractivity contribution >= 4 is 21.8 Å². The number of aromatic nitrogens is 4. The molecule has 0 radical (unpaired) electrons. The lowest BCUT2D eigenvalue weighted by molar-refractivity contribution is -0.126. The summed E-state index contributed by atoms with van der Waals surface area (Å²) >= 11 is 3.38. The van der Waals surface area contributed by atoms with Gasteiger partial charge in [0.25, 0.3) is 0 Å². The Hall–Kier alpha value is -2.27. The van der Waals surface area contributed by atoms with Gasteiger partial charge in [0.1, 0.15) is 11.6 Å². The number of amides is 1. The van der Waals surface area contributed by atoms with Gasteiger partial charge in [0, 0.05) is 10.0 Å². The number of tetrazole rings is 1. The monoisotopic (exact) mass is 402 g/mol. The highest BCUT2D eigenvalue weighted by molar-refractivity contribution is 9.10. The van der Waals surface area contributed by atoms with E-state index in [1.54, 1.807) is 6.92 Å². The summed E-state index contributed by atoms with van der Waals surface area (Å²) in [6.45, 7) is 1.70. The van der Waals surface area contributed by atoms with E-state index < -0.39 is 11.6 Å². The Morgan fingerprint density at radius 2 is 2.00 bits per heavy atom. The van der Waals surface area contributed by atoms with Crippen molar-refractivity contribution in [3.8, 4) is 17.5 Å². The first kappa shape index (κ1) is 17.5. The highest BCUT2D eigenvalue weighted by Gasteiger charge is 2.35. The van der Waals surface area contributed by atoms with Crippen LogP contribution in [0.5, 0.6) is 0 Å². The molecule has 7 nitrogen and oxygen atoms in total.